The number of hydrogen-bond donors (Lipinski definition) is 2. The Balaban J connectivity index is 2.12. The highest BCUT2D eigenvalue weighted by molar-refractivity contribution is 7.90. The maximum Gasteiger partial charge on any atom is 0.340 e. The van der Waals surface area contributed by atoms with Crippen molar-refractivity contribution in [2.24, 2.45) is 0 Å². The third-order valence-electron chi connectivity index (χ3n) is 4.87. The summed E-state index contributed by atoms with van der Waals surface area (Å²) in [5.74, 6) is -1.68. The van der Waals surface area contributed by atoms with Crippen LogP contribution in [0.3, 0.4) is 0 Å². The van der Waals surface area contributed by atoms with Crippen LogP contribution in [0.15, 0.2) is 35.2 Å². The van der Waals surface area contributed by atoms with Gasteiger partial charge >= 0.3 is 5.97 Å². The van der Waals surface area contributed by atoms with Crippen LogP contribution >= 0.6 is 0 Å². The molecule has 172 valence electrons. The van der Waals surface area contributed by atoms with Crippen LogP contribution < -0.4 is 10.9 Å². The molecule has 32 heavy (non-hydrogen) atoms. The highest BCUT2D eigenvalue weighted by Crippen LogP contribution is 2.25. The minimum absolute atomic E-state index is 0.0862. The van der Waals surface area contributed by atoms with Gasteiger partial charge in [0.25, 0.3) is 11.8 Å². The van der Waals surface area contributed by atoms with Gasteiger partial charge < -0.3 is 9.30 Å². The number of benzene rings is 1. The van der Waals surface area contributed by atoms with Crippen LogP contribution in [0.5, 0.6) is 0 Å². The zero-order valence-electron chi connectivity index (χ0n) is 18.7. The molecule has 9 nitrogen and oxygen atoms in total. The molecule has 0 unspecified atom stereocenters. The number of ether oxygens (including phenoxy) is 1. The van der Waals surface area contributed by atoms with E-state index in [0.29, 0.717) is 17.7 Å². The SMILES string of the molecule is CCOC(=O)c1c(/C=C/C(=O)NNC(=O)c2ccc(S(C)(=O)=O)cc2)c(C)n(CC)c1C. The summed E-state index contributed by atoms with van der Waals surface area (Å²) in [7, 11) is -3.37. The fourth-order valence-electron chi connectivity index (χ4n) is 3.29. The summed E-state index contributed by atoms with van der Waals surface area (Å²) >= 11 is 0. The number of esters is 1. The molecular formula is C22H27N3O6S. The van der Waals surface area contributed by atoms with Crippen molar-refractivity contribution in [3.05, 3.63) is 58.4 Å². The summed E-state index contributed by atoms with van der Waals surface area (Å²) in [5, 5.41) is 0. The predicted octanol–water partition coefficient (Wildman–Crippen LogP) is 2.18. The van der Waals surface area contributed by atoms with Gasteiger partial charge in [0.1, 0.15) is 0 Å². The number of hydrazine groups is 1. The van der Waals surface area contributed by atoms with Crippen LogP contribution in [0.1, 0.15) is 51.5 Å². The van der Waals surface area contributed by atoms with E-state index in [-0.39, 0.29) is 17.1 Å². The second-order valence-corrected chi connectivity index (χ2v) is 9.01. The van der Waals surface area contributed by atoms with Gasteiger partial charge in [-0.25, -0.2) is 13.2 Å². The normalized spacial score (nSPS) is 11.4. The predicted molar refractivity (Wildman–Crippen MR) is 120 cm³/mol. The zero-order chi connectivity index (χ0) is 24.1. The Hall–Kier alpha value is -3.40. The van der Waals surface area contributed by atoms with E-state index in [4.69, 9.17) is 4.74 Å². The summed E-state index contributed by atoms with van der Waals surface area (Å²) in [4.78, 5) is 36.9. The monoisotopic (exact) mass is 461 g/mol. The largest absolute Gasteiger partial charge is 0.462 e. The lowest BCUT2D eigenvalue weighted by Crippen LogP contribution is -2.40. The van der Waals surface area contributed by atoms with Crippen molar-refractivity contribution in [3.63, 3.8) is 0 Å². The van der Waals surface area contributed by atoms with Gasteiger partial charge in [0.15, 0.2) is 9.84 Å². The Morgan fingerprint density at radius 3 is 2.19 bits per heavy atom. The van der Waals surface area contributed by atoms with Crippen LogP contribution in [0.25, 0.3) is 6.08 Å². The van der Waals surface area contributed by atoms with E-state index in [0.717, 1.165) is 17.6 Å². The van der Waals surface area contributed by atoms with Crippen molar-refractivity contribution in [3.8, 4) is 0 Å². The molecule has 10 heteroatoms. The van der Waals surface area contributed by atoms with Gasteiger partial charge in [-0.3, -0.25) is 20.4 Å². The first-order valence-electron chi connectivity index (χ1n) is 9.96. The van der Waals surface area contributed by atoms with E-state index in [1.807, 2.05) is 25.3 Å². The molecule has 0 saturated carbocycles. The molecule has 0 spiro atoms. The Morgan fingerprint density at radius 2 is 1.66 bits per heavy atom. The fraction of sp³-hybridized carbons (Fsp3) is 0.318. The highest BCUT2D eigenvalue weighted by atomic mass is 32.2. The number of aromatic nitrogens is 1. The number of hydrogen-bond acceptors (Lipinski definition) is 6. The van der Waals surface area contributed by atoms with E-state index < -0.39 is 27.6 Å². The number of nitrogens with zero attached hydrogens (tertiary/aromatic N) is 1. The van der Waals surface area contributed by atoms with Gasteiger partial charge in [0, 0.05) is 41.4 Å². The third kappa shape index (κ3) is 5.64. The summed E-state index contributed by atoms with van der Waals surface area (Å²) < 4.78 is 30.1. The number of carbonyl (C=O) groups is 3. The number of amides is 2. The minimum atomic E-state index is -3.37. The molecule has 0 saturated heterocycles. The van der Waals surface area contributed by atoms with Crippen molar-refractivity contribution >= 4 is 33.7 Å². The van der Waals surface area contributed by atoms with Crippen LogP contribution in [-0.4, -0.2) is 43.6 Å². The van der Waals surface area contributed by atoms with E-state index >= 15 is 0 Å². The smallest absolute Gasteiger partial charge is 0.340 e. The molecule has 1 aromatic carbocycles. The van der Waals surface area contributed by atoms with Crippen molar-refractivity contribution < 1.29 is 27.5 Å². The third-order valence-corrected chi connectivity index (χ3v) is 6.00. The minimum Gasteiger partial charge on any atom is -0.462 e. The van der Waals surface area contributed by atoms with Crippen molar-refractivity contribution in [1.82, 2.24) is 15.4 Å². The van der Waals surface area contributed by atoms with E-state index in [1.54, 1.807) is 6.92 Å². The Bertz CT molecular complexity index is 1160. The standard InChI is InChI=1S/C22H27N3O6S/c1-6-25-14(3)18(20(15(25)4)22(28)31-7-2)12-13-19(26)23-24-21(27)16-8-10-17(11-9-16)32(5,29)30/h8-13H,6-7H2,1-5H3,(H,23,26)(H,24,27)/b13-12+. The van der Waals surface area contributed by atoms with Crippen molar-refractivity contribution in [1.29, 1.82) is 0 Å². The molecule has 0 bridgehead atoms. The number of sulfone groups is 1. The van der Waals surface area contributed by atoms with E-state index in [1.165, 1.54) is 36.4 Å². The Kier molecular flexibility index (Phi) is 7.98. The van der Waals surface area contributed by atoms with E-state index in [9.17, 15) is 22.8 Å². The van der Waals surface area contributed by atoms with Crippen LogP contribution in [0.4, 0.5) is 0 Å². The molecule has 0 aliphatic heterocycles. The second-order valence-electron chi connectivity index (χ2n) is 7.00. The molecule has 0 fully saturated rings. The van der Waals surface area contributed by atoms with Gasteiger partial charge in [-0.15, -0.1) is 0 Å². The Labute approximate surface area is 187 Å². The summed E-state index contributed by atoms with van der Waals surface area (Å²) in [6.07, 6.45) is 3.78. The molecular weight excluding hydrogens is 434 g/mol. The maximum absolute atomic E-state index is 12.4. The fourth-order valence-corrected chi connectivity index (χ4v) is 3.92. The molecule has 2 N–H and O–H groups in total. The quantitative estimate of drug-likeness (QED) is 0.370. The topological polar surface area (TPSA) is 124 Å². The molecule has 2 rings (SSSR count). The van der Waals surface area contributed by atoms with Gasteiger partial charge in [-0.2, -0.15) is 0 Å². The molecule has 0 aliphatic carbocycles. The van der Waals surface area contributed by atoms with Crippen LogP contribution in [-0.2, 0) is 25.9 Å². The number of nitrogens with one attached hydrogen (secondary N) is 2. The molecule has 1 aromatic heterocycles. The first-order valence-corrected chi connectivity index (χ1v) is 11.9. The summed E-state index contributed by atoms with van der Waals surface area (Å²) in [6, 6.07) is 5.32. The number of rotatable bonds is 7. The summed E-state index contributed by atoms with van der Waals surface area (Å²) in [5.41, 5.74) is 7.21. The highest BCUT2D eigenvalue weighted by Gasteiger charge is 2.22. The van der Waals surface area contributed by atoms with Gasteiger partial charge in [0.05, 0.1) is 17.1 Å². The van der Waals surface area contributed by atoms with Gasteiger partial charge in [0.2, 0.25) is 0 Å². The zero-order valence-corrected chi connectivity index (χ0v) is 19.5. The summed E-state index contributed by atoms with van der Waals surface area (Å²) in [6.45, 7) is 8.21. The van der Waals surface area contributed by atoms with Crippen molar-refractivity contribution in [2.75, 3.05) is 12.9 Å². The lowest BCUT2D eigenvalue weighted by atomic mass is 10.1. The Morgan fingerprint density at radius 1 is 1.03 bits per heavy atom. The average Bonchev–Trinajstić information content (AvgIpc) is 2.98. The molecule has 0 aliphatic rings. The maximum atomic E-state index is 12.4. The second kappa shape index (κ2) is 10.3. The molecule has 0 radical (unpaired) electrons. The molecule has 0 atom stereocenters. The average molecular weight is 462 g/mol. The molecule has 2 aromatic rings. The number of carbonyl (C=O) groups excluding carboxylic acids is 3. The lowest BCUT2D eigenvalue weighted by Gasteiger charge is -2.06. The lowest BCUT2D eigenvalue weighted by molar-refractivity contribution is -0.117. The van der Waals surface area contributed by atoms with Crippen LogP contribution in [0, 0.1) is 13.8 Å². The molecule has 2 amide bonds. The first-order chi connectivity index (χ1) is 15.0. The van der Waals surface area contributed by atoms with Gasteiger partial charge in [-0.05, 0) is 58.0 Å². The van der Waals surface area contributed by atoms with Crippen LogP contribution in [0.2, 0.25) is 0 Å². The van der Waals surface area contributed by atoms with Gasteiger partial charge in [-0.1, -0.05) is 0 Å². The first kappa shape index (κ1) is 24.9. The van der Waals surface area contributed by atoms with Crippen molar-refractivity contribution in [2.45, 2.75) is 39.1 Å². The molecule has 1 heterocycles. The van der Waals surface area contributed by atoms with E-state index in [2.05, 4.69) is 10.9 Å².